The fourth-order valence-corrected chi connectivity index (χ4v) is 2.62. The highest BCUT2D eigenvalue weighted by Crippen LogP contribution is 2.28. The van der Waals surface area contributed by atoms with Gasteiger partial charge >= 0.3 is 0 Å². The van der Waals surface area contributed by atoms with Gasteiger partial charge in [0, 0.05) is 35.4 Å². The molecule has 1 aromatic carbocycles. The van der Waals surface area contributed by atoms with Gasteiger partial charge in [-0.05, 0) is 42.2 Å². The lowest BCUT2D eigenvalue weighted by atomic mass is 10.1. The summed E-state index contributed by atoms with van der Waals surface area (Å²) in [6.45, 7) is 0.824. The van der Waals surface area contributed by atoms with E-state index < -0.39 is 5.76 Å². The quantitative estimate of drug-likeness (QED) is 0.805. The van der Waals surface area contributed by atoms with Crippen LogP contribution in [0.4, 0.5) is 8.78 Å². The molecule has 1 N–H and O–H groups in total. The maximum absolute atomic E-state index is 12.3. The Hall–Kier alpha value is -1.46. The number of hydrogen-bond donors (Lipinski definition) is 1. The molecule has 1 aliphatic rings. The van der Waals surface area contributed by atoms with Gasteiger partial charge < -0.3 is 5.32 Å². The second-order valence-electron chi connectivity index (χ2n) is 5.14. The molecule has 1 aliphatic carbocycles. The van der Waals surface area contributed by atoms with E-state index in [9.17, 15) is 8.78 Å². The summed E-state index contributed by atoms with van der Waals surface area (Å²) in [5.41, 5.74) is 3.15. The predicted molar refractivity (Wildman–Crippen MR) is 81.4 cm³/mol. The summed E-state index contributed by atoms with van der Waals surface area (Å²) in [6.07, 6.45) is 6.18. The highest BCUT2D eigenvalue weighted by Gasteiger charge is 2.19. The third kappa shape index (κ3) is 4.25. The highest BCUT2D eigenvalue weighted by molar-refractivity contribution is 7.99. The lowest BCUT2D eigenvalue weighted by molar-refractivity contribution is 0.252. The minimum absolute atomic E-state index is 0.565. The van der Waals surface area contributed by atoms with Crippen LogP contribution in [-0.2, 0) is 6.54 Å². The summed E-state index contributed by atoms with van der Waals surface area (Å²) < 4.78 is 24.6. The molecule has 0 radical (unpaired) electrons. The Bertz CT molecular complexity index is 597. The molecule has 1 saturated carbocycles. The average molecular weight is 306 g/mol. The lowest BCUT2D eigenvalue weighted by Crippen LogP contribution is -2.15. The number of benzene rings is 1. The third-order valence-electron chi connectivity index (χ3n) is 3.38. The molecule has 21 heavy (non-hydrogen) atoms. The van der Waals surface area contributed by atoms with E-state index in [-0.39, 0.29) is 0 Å². The summed E-state index contributed by atoms with van der Waals surface area (Å²) in [5.74, 6) is -2.38. The van der Waals surface area contributed by atoms with Crippen molar-refractivity contribution in [3.8, 4) is 11.1 Å². The minimum Gasteiger partial charge on any atom is -0.310 e. The van der Waals surface area contributed by atoms with Gasteiger partial charge in [0.15, 0.2) is 0 Å². The fourth-order valence-electron chi connectivity index (χ4n) is 2.12. The van der Waals surface area contributed by atoms with Gasteiger partial charge in [-0.15, -0.1) is 0 Å². The zero-order valence-electron chi connectivity index (χ0n) is 11.4. The van der Waals surface area contributed by atoms with E-state index in [4.69, 9.17) is 0 Å². The van der Waals surface area contributed by atoms with Crippen LogP contribution in [0.3, 0.4) is 0 Å². The number of pyridine rings is 1. The monoisotopic (exact) mass is 306 g/mol. The number of nitrogens with one attached hydrogen (secondary N) is 1. The van der Waals surface area contributed by atoms with Crippen molar-refractivity contribution < 1.29 is 8.78 Å². The van der Waals surface area contributed by atoms with E-state index in [2.05, 4.69) is 16.4 Å². The van der Waals surface area contributed by atoms with Crippen LogP contribution >= 0.6 is 11.8 Å². The van der Waals surface area contributed by atoms with Gasteiger partial charge in [-0.2, -0.15) is 8.78 Å². The first kappa shape index (κ1) is 14.5. The van der Waals surface area contributed by atoms with Gasteiger partial charge in [0.05, 0.1) is 0 Å². The molecule has 0 aliphatic heterocycles. The van der Waals surface area contributed by atoms with Gasteiger partial charge in [-0.25, -0.2) is 0 Å². The van der Waals surface area contributed by atoms with Crippen molar-refractivity contribution in [2.45, 2.75) is 36.1 Å². The molecule has 0 saturated heterocycles. The zero-order chi connectivity index (χ0) is 14.7. The van der Waals surface area contributed by atoms with Gasteiger partial charge in [0.25, 0.3) is 5.76 Å². The summed E-state index contributed by atoms with van der Waals surface area (Å²) in [5, 5.41) is 3.46. The van der Waals surface area contributed by atoms with E-state index in [1.165, 1.54) is 12.8 Å². The first-order chi connectivity index (χ1) is 10.2. The molecule has 5 heteroatoms. The van der Waals surface area contributed by atoms with Crippen molar-refractivity contribution in [3.05, 3.63) is 48.3 Å². The van der Waals surface area contributed by atoms with E-state index in [0.717, 1.165) is 23.2 Å². The lowest BCUT2D eigenvalue weighted by Gasteiger charge is -2.07. The molecule has 0 unspecified atom stereocenters. The molecule has 1 fully saturated rings. The molecule has 1 heterocycles. The van der Waals surface area contributed by atoms with Crippen LogP contribution in [0.15, 0.2) is 47.6 Å². The van der Waals surface area contributed by atoms with Crippen molar-refractivity contribution in [1.82, 2.24) is 10.3 Å². The number of aromatic nitrogens is 1. The Kier molecular flexibility index (Phi) is 4.51. The normalized spacial score (nSPS) is 14.6. The van der Waals surface area contributed by atoms with E-state index >= 15 is 0 Å². The number of halogens is 2. The molecular formula is C16H16F2N2S. The molecule has 110 valence electrons. The minimum atomic E-state index is -2.38. The largest absolute Gasteiger partial charge is 0.310 e. The van der Waals surface area contributed by atoms with Crippen LogP contribution in [-0.4, -0.2) is 16.8 Å². The second kappa shape index (κ2) is 6.54. The maximum Gasteiger partial charge on any atom is 0.288 e. The van der Waals surface area contributed by atoms with Crippen molar-refractivity contribution >= 4 is 11.8 Å². The van der Waals surface area contributed by atoms with Crippen LogP contribution in [0.25, 0.3) is 11.1 Å². The molecule has 0 amide bonds. The van der Waals surface area contributed by atoms with Gasteiger partial charge in [0.1, 0.15) is 0 Å². The summed E-state index contributed by atoms with van der Waals surface area (Å²) >= 11 is 0.565. The van der Waals surface area contributed by atoms with Gasteiger partial charge in [-0.3, -0.25) is 4.98 Å². The van der Waals surface area contributed by atoms with Crippen molar-refractivity contribution in [1.29, 1.82) is 0 Å². The van der Waals surface area contributed by atoms with Crippen molar-refractivity contribution in [2.75, 3.05) is 0 Å². The molecule has 0 spiro atoms. The molecule has 2 nitrogen and oxygen atoms in total. The summed E-state index contributed by atoms with van der Waals surface area (Å²) in [7, 11) is 0. The maximum atomic E-state index is 12.3. The Balaban J connectivity index is 1.71. The standard InChI is InChI=1S/C16H16F2N2S/c17-16(18)21-15-5-1-12(2-6-15)13-7-11(8-19-10-13)9-20-14-3-4-14/h1-2,5-8,10,14,16,20H,3-4,9H2. The summed E-state index contributed by atoms with van der Waals surface area (Å²) in [6, 6.07) is 9.93. The number of alkyl halides is 2. The SMILES string of the molecule is FC(F)Sc1ccc(-c2cncc(CNC3CC3)c2)cc1. The van der Waals surface area contributed by atoms with Crippen LogP contribution in [0.5, 0.6) is 0 Å². The molecule has 0 atom stereocenters. The topological polar surface area (TPSA) is 24.9 Å². The molecule has 1 aromatic heterocycles. The Morgan fingerprint density at radius 2 is 1.90 bits per heavy atom. The van der Waals surface area contributed by atoms with E-state index in [1.54, 1.807) is 18.3 Å². The fraction of sp³-hybridized carbons (Fsp3) is 0.312. The smallest absolute Gasteiger partial charge is 0.288 e. The highest BCUT2D eigenvalue weighted by atomic mass is 32.2. The Labute approximate surface area is 127 Å². The van der Waals surface area contributed by atoms with Crippen molar-refractivity contribution in [2.24, 2.45) is 0 Å². The second-order valence-corrected chi connectivity index (χ2v) is 6.20. The third-order valence-corrected chi connectivity index (χ3v) is 4.10. The predicted octanol–water partition coefficient (Wildman–Crippen LogP) is 4.32. The number of hydrogen-bond acceptors (Lipinski definition) is 3. The van der Waals surface area contributed by atoms with Crippen LogP contribution in [0.2, 0.25) is 0 Å². The molecule has 3 rings (SSSR count). The van der Waals surface area contributed by atoms with Crippen LogP contribution in [0.1, 0.15) is 18.4 Å². The Morgan fingerprint density at radius 1 is 1.14 bits per heavy atom. The first-order valence-electron chi connectivity index (χ1n) is 6.93. The molecule has 2 aromatic rings. The van der Waals surface area contributed by atoms with E-state index in [0.29, 0.717) is 22.7 Å². The average Bonchev–Trinajstić information content (AvgIpc) is 3.30. The van der Waals surface area contributed by atoms with Crippen LogP contribution < -0.4 is 5.32 Å². The summed E-state index contributed by atoms with van der Waals surface area (Å²) in [4.78, 5) is 4.84. The number of thioether (sulfide) groups is 1. The van der Waals surface area contributed by atoms with Crippen molar-refractivity contribution in [3.63, 3.8) is 0 Å². The molecular weight excluding hydrogens is 290 g/mol. The number of nitrogens with zero attached hydrogens (tertiary/aromatic N) is 1. The Morgan fingerprint density at radius 3 is 2.57 bits per heavy atom. The molecule has 0 bridgehead atoms. The van der Waals surface area contributed by atoms with Gasteiger partial charge in [0.2, 0.25) is 0 Å². The van der Waals surface area contributed by atoms with E-state index in [1.807, 2.05) is 18.3 Å². The first-order valence-corrected chi connectivity index (χ1v) is 7.81. The van der Waals surface area contributed by atoms with Gasteiger partial charge in [-0.1, -0.05) is 23.9 Å². The number of rotatable bonds is 6. The zero-order valence-corrected chi connectivity index (χ0v) is 12.2. The van der Waals surface area contributed by atoms with Crippen LogP contribution in [0, 0.1) is 0 Å².